The van der Waals surface area contributed by atoms with Crippen LogP contribution >= 0.6 is 0 Å². The fourth-order valence-corrected chi connectivity index (χ4v) is 4.25. The van der Waals surface area contributed by atoms with E-state index in [1.54, 1.807) is 0 Å². The molecule has 0 aliphatic rings. The molecule has 1 atom stereocenters. The highest BCUT2D eigenvalue weighted by Crippen LogP contribution is 1.97. The highest BCUT2D eigenvalue weighted by atomic mass is 32.2. The third kappa shape index (κ3) is 10.9. The normalized spacial score (nSPS) is 14.6. The van der Waals surface area contributed by atoms with E-state index in [2.05, 4.69) is 5.32 Å². The Bertz CT molecular complexity index is 416. The van der Waals surface area contributed by atoms with Crippen LogP contribution in [0.2, 0.25) is 0 Å². The van der Waals surface area contributed by atoms with Crippen molar-refractivity contribution >= 4 is 19.7 Å². The third-order valence-electron chi connectivity index (χ3n) is 2.07. The van der Waals surface area contributed by atoms with Gasteiger partial charge < -0.3 is 15.2 Å². The summed E-state index contributed by atoms with van der Waals surface area (Å²) in [5.74, 6) is -1.32. The molecule has 0 radical (unpaired) electrons. The van der Waals surface area contributed by atoms with Gasteiger partial charge in [0.2, 0.25) is 0 Å². The van der Waals surface area contributed by atoms with Gasteiger partial charge in [-0.2, -0.15) is 0 Å². The summed E-state index contributed by atoms with van der Waals surface area (Å²) in [7, 11) is -5.33. The molecule has 0 aromatic carbocycles. The average Bonchev–Trinajstić information content (AvgIpc) is 2.20. The van der Waals surface area contributed by atoms with Crippen molar-refractivity contribution in [1.82, 2.24) is 5.32 Å². The Morgan fingerprint density at radius 1 is 1.22 bits per heavy atom. The molecular weight excluding hydrogens is 282 g/mol. The van der Waals surface area contributed by atoms with Crippen LogP contribution in [0.1, 0.15) is 0 Å². The number of aliphatic hydroxyl groups excluding tert-OH is 1. The zero-order chi connectivity index (χ0) is 14.2. The van der Waals surface area contributed by atoms with Gasteiger partial charge in [-0.15, -0.1) is 0 Å². The molecule has 18 heavy (non-hydrogen) atoms. The largest absolute Gasteiger partial charge is 0.391 e. The first-order valence-electron chi connectivity index (χ1n) is 5.42. The van der Waals surface area contributed by atoms with Crippen LogP contribution in [0.15, 0.2) is 0 Å². The maximum absolute atomic E-state index is 11.5. The standard InChI is InChI=1S/C9H21NO6S2/c1-16-4-3-10-7-9(11)8-18(14,15)6-5-17(2,12)13/h9-11H,3-8H2,1-2H3. The van der Waals surface area contributed by atoms with E-state index in [0.29, 0.717) is 13.2 Å². The van der Waals surface area contributed by atoms with Crippen molar-refractivity contribution in [1.29, 1.82) is 0 Å². The Morgan fingerprint density at radius 2 is 1.83 bits per heavy atom. The first kappa shape index (κ1) is 17.8. The SMILES string of the molecule is COCCNCC(O)CS(=O)(=O)CCS(C)(=O)=O. The van der Waals surface area contributed by atoms with Gasteiger partial charge in [0.05, 0.1) is 30.0 Å². The van der Waals surface area contributed by atoms with E-state index in [4.69, 9.17) is 4.74 Å². The molecule has 0 aliphatic carbocycles. The number of aliphatic hydroxyl groups is 1. The van der Waals surface area contributed by atoms with Crippen LogP contribution in [0.3, 0.4) is 0 Å². The van der Waals surface area contributed by atoms with E-state index in [1.807, 2.05) is 0 Å². The van der Waals surface area contributed by atoms with Crippen molar-refractivity contribution in [3.63, 3.8) is 0 Å². The molecule has 0 saturated carbocycles. The van der Waals surface area contributed by atoms with E-state index >= 15 is 0 Å². The number of methoxy groups -OCH3 is 1. The fraction of sp³-hybridized carbons (Fsp3) is 1.00. The first-order chi connectivity index (χ1) is 8.16. The first-order valence-corrected chi connectivity index (χ1v) is 9.30. The van der Waals surface area contributed by atoms with Gasteiger partial charge in [0.15, 0.2) is 9.84 Å². The molecule has 0 aliphatic heterocycles. The van der Waals surface area contributed by atoms with Gasteiger partial charge in [0, 0.05) is 26.5 Å². The molecule has 0 bridgehead atoms. The Morgan fingerprint density at radius 3 is 2.33 bits per heavy atom. The van der Waals surface area contributed by atoms with Crippen molar-refractivity contribution in [3.8, 4) is 0 Å². The number of sulfone groups is 2. The van der Waals surface area contributed by atoms with Crippen LogP contribution in [0, 0.1) is 0 Å². The maximum Gasteiger partial charge on any atom is 0.153 e. The summed E-state index contributed by atoms with van der Waals surface area (Å²) >= 11 is 0. The van der Waals surface area contributed by atoms with Crippen molar-refractivity contribution in [2.24, 2.45) is 0 Å². The molecule has 0 aromatic rings. The average molecular weight is 303 g/mol. The van der Waals surface area contributed by atoms with Crippen LogP contribution in [-0.4, -0.2) is 78.4 Å². The summed E-state index contributed by atoms with van der Waals surface area (Å²) in [5.41, 5.74) is 0. The Hall–Kier alpha value is -0.220. The minimum atomic E-state index is -3.56. The number of ether oxygens (including phenoxy) is 1. The van der Waals surface area contributed by atoms with Crippen LogP contribution < -0.4 is 5.32 Å². The molecule has 0 amide bonds. The second kappa shape index (κ2) is 8.05. The maximum atomic E-state index is 11.5. The Balaban J connectivity index is 4.00. The molecule has 9 heteroatoms. The summed E-state index contributed by atoms with van der Waals surface area (Å²) in [6.07, 6.45) is -0.0722. The monoisotopic (exact) mass is 303 g/mol. The predicted molar refractivity (Wildman–Crippen MR) is 69.1 cm³/mol. The lowest BCUT2D eigenvalue weighted by atomic mass is 10.4. The molecule has 0 rings (SSSR count). The molecule has 2 N–H and O–H groups in total. The Kier molecular flexibility index (Phi) is 7.95. The highest BCUT2D eigenvalue weighted by molar-refractivity contribution is 7.94. The van der Waals surface area contributed by atoms with Crippen LogP contribution in [0.5, 0.6) is 0 Å². The summed E-state index contributed by atoms with van der Waals surface area (Å²) in [5, 5.41) is 12.3. The van der Waals surface area contributed by atoms with E-state index in [1.165, 1.54) is 7.11 Å². The van der Waals surface area contributed by atoms with Gasteiger partial charge in [-0.25, -0.2) is 16.8 Å². The van der Waals surface area contributed by atoms with Crippen molar-refractivity contribution in [2.75, 3.05) is 50.3 Å². The molecular formula is C9H21NO6S2. The molecule has 0 fully saturated rings. The van der Waals surface area contributed by atoms with E-state index < -0.39 is 43.0 Å². The predicted octanol–water partition coefficient (Wildman–Crippen LogP) is -1.96. The lowest BCUT2D eigenvalue weighted by molar-refractivity contribution is 0.174. The molecule has 110 valence electrons. The van der Waals surface area contributed by atoms with E-state index in [9.17, 15) is 21.9 Å². The molecule has 0 saturated heterocycles. The number of hydrogen-bond acceptors (Lipinski definition) is 7. The van der Waals surface area contributed by atoms with Gasteiger partial charge in [0.1, 0.15) is 9.84 Å². The smallest absolute Gasteiger partial charge is 0.153 e. The lowest BCUT2D eigenvalue weighted by Crippen LogP contribution is -2.35. The third-order valence-corrected chi connectivity index (χ3v) is 5.00. The summed E-state index contributed by atoms with van der Waals surface area (Å²) in [6.45, 7) is 1.10. The van der Waals surface area contributed by atoms with Crippen molar-refractivity contribution < 1.29 is 26.7 Å². The molecule has 0 heterocycles. The van der Waals surface area contributed by atoms with Gasteiger partial charge in [-0.3, -0.25) is 0 Å². The topological polar surface area (TPSA) is 110 Å². The van der Waals surface area contributed by atoms with Crippen LogP contribution in [0.4, 0.5) is 0 Å². The van der Waals surface area contributed by atoms with Crippen molar-refractivity contribution in [2.45, 2.75) is 6.10 Å². The molecule has 7 nitrogen and oxygen atoms in total. The molecule has 1 unspecified atom stereocenters. The number of hydrogen-bond donors (Lipinski definition) is 2. The van der Waals surface area contributed by atoms with Gasteiger partial charge in [-0.1, -0.05) is 0 Å². The summed E-state index contributed by atoms with van der Waals surface area (Å²) < 4.78 is 49.5. The van der Waals surface area contributed by atoms with Gasteiger partial charge >= 0.3 is 0 Å². The number of rotatable bonds is 10. The second-order valence-corrected chi connectivity index (χ2v) is 8.58. The number of nitrogens with one attached hydrogen (secondary N) is 1. The van der Waals surface area contributed by atoms with Crippen LogP contribution in [0.25, 0.3) is 0 Å². The quantitative estimate of drug-likeness (QED) is 0.451. The highest BCUT2D eigenvalue weighted by Gasteiger charge is 2.19. The van der Waals surface area contributed by atoms with Crippen molar-refractivity contribution in [3.05, 3.63) is 0 Å². The van der Waals surface area contributed by atoms with Gasteiger partial charge in [-0.05, 0) is 0 Å². The minimum absolute atomic E-state index is 0.126. The van der Waals surface area contributed by atoms with E-state index in [-0.39, 0.29) is 6.54 Å². The zero-order valence-electron chi connectivity index (χ0n) is 10.6. The second-order valence-electron chi connectivity index (χ2n) is 4.09. The van der Waals surface area contributed by atoms with E-state index in [0.717, 1.165) is 6.26 Å². The Labute approximate surface area is 108 Å². The minimum Gasteiger partial charge on any atom is -0.391 e. The summed E-state index contributed by atoms with van der Waals surface area (Å²) in [4.78, 5) is 0. The zero-order valence-corrected chi connectivity index (χ0v) is 12.3. The molecule has 0 aromatic heterocycles. The fourth-order valence-electron chi connectivity index (χ4n) is 1.16. The van der Waals surface area contributed by atoms with Gasteiger partial charge in [0.25, 0.3) is 0 Å². The lowest BCUT2D eigenvalue weighted by Gasteiger charge is -2.11. The molecule has 0 spiro atoms. The summed E-state index contributed by atoms with van der Waals surface area (Å²) in [6, 6.07) is 0. The van der Waals surface area contributed by atoms with Crippen LogP contribution in [-0.2, 0) is 24.4 Å².